The lowest BCUT2D eigenvalue weighted by atomic mass is 10.1. The summed E-state index contributed by atoms with van der Waals surface area (Å²) in [6.45, 7) is 0.645. The molecule has 22 heavy (non-hydrogen) atoms. The summed E-state index contributed by atoms with van der Waals surface area (Å²) in [6.07, 6.45) is 0. The number of hydrogen-bond donors (Lipinski definition) is 1. The highest BCUT2D eigenvalue weighted by molar-refractivity contribution is 6.05. The molecule has 0 unspecified atom stereocenters. The number of para-hydroxylation sites is 1. The molecule has 0 amide bonds. The van der Waals surface area contributed by atoms with E-state index in [4.69, 9.17) is 4.42 Å². The second-order valence-corrected chi connectivity index (χ2v) is 5.29. The van der Waals surface area contributed by atoms with Gasteiger partial charge in [0.05, 0.1) is 0 Å². The molecule has 0 saturated heterocycles. The molecule has 0 atom stereocenters. The first-order valence-corrected chi connectivity index (χ1v) is 7.19. The zero-order chi connectivity index (χ0) is 14.9. The van der Waals surface area contributed by atoms with Crippen LogP contribution in [0.2, 0.25) is 0 Å². The molecule has 2 nitrogen and oxygen atoms in total. The lowest BCUT2D eigenvalue weighted by Gasteiger charge is -2.06. The summed E-state index contributed by atoms with van der Waals surface area (Å²) in [5, 5.41) is 5.58. The lowest BCUT2D eigenvalue weighted by molar-refractivity contribution is 0.627. The second kappa shape index (κ2) is 5.19. The highest BCUT2D eigenvalue weighted by Gasteiger charge is 2.06. The standard InChI is InChI=1S/C19H14FNO/c20-14-7-5-13(6-8-14)12-21-15-9-10-17-16-3-1-2-4-18(16)22-19(17)11-15/h1-11,21H,12H2. The molecule has 3 heteroatoms. The summed E-state index contributed by atoms with van der Waals surface area (Å²) in [5.41, 5.74) is 3.78. The zero-order valence-electron chi connectivity index (χ0n) is 11.8. The van der Waals surface area contributed by atoms with Crippen LogP contribution in [0.15, 0.2) is 71.1 Å². The van der Waals surface area contributed by atoms with Crippen molar-refractivity contribution in [2.45, 2.75) is 6.54 Å². The van der Waals surface area contributed by atoms with Crippen LogP contribution in [0.25, 0.3) is 21.9 Å². The average molecular weight is 291 g/mol. The Labute approximate surface area is 127 Å². The first kappa shape index (κ1) is 12.9. The van der Waals surface area contributed by atoms with Gasteiger partial charge in [-0.15, -0.1) is 0 Å². The van der Waals surface area contributed by atoms with Crippen molar-refractivity contribution in [3.8, 4) is 0 Å². The minimum atomic E-state index is -0.215. The SMILES string of the molecule is Fc1ccc(CNc2ccc3c(c2)oc2ccccc23)cc1. The Morgan fingerprint density at radius 2 is 1.59 bits per heavy atom. The first-order valence-electron chi connectivity index (χ1n) is 7.19. The number of anilines is 1. The normalized spacial score (nSPS) is 11.1. The van der Waals surface area contributed by atoms with Crippen LogP contribution >= 0.6 is 0 Å². The van der Waals surface area contributed by atoms with Crippen molar-refractivity contribution in [2.24, 2.45) is 0 Å². The number of hydrogen-bond acceptors (Lipinski definition) is 2. The van der Waals surface area contributed by atoms with E-state index in [2.05, 4.69) is 17.4 Å². The molecule has 0 saturated carbocycles. The molecule has 1 aromatic heterocycles. The van der Waals surface area contributed by atoms with Gasteiger partial charge in [-0.05, 0) is 35.9 Å². The van der Waals surface area contributed by atoms with Crippen molar-refractivity contribution in [1.82, 2.24) is 0 Å². The van der Waals surface area contributed by atoms with Crippen LogP contribution in [0.5, 0.6) is 0 Å². The van der Waals surface area contributed by atoms with Crippen LogP contribution in [-0.4, -0.2) is 0 Å². The Kier molecular flexibility index (Phi) is 3.04. The van der Waals surface area contributed by atoms with Crippen molar-refractivity contribution in [1.29, 1.82) is 0 Å². The quantitative estimate of drug-likeness (QED) is 0.551. The van der Waals surface area contributed by atoms with Crippen LogP contribution in [0.3, 0.4) is 0 Å². The van der Waals surface area contributed by atoms with Crippen molar-refractivity contribution in [2.75, 3.05) is 5.32 Å². The fraction of sp³-hybridized carbons (Fsp3) is 0.0526. The van der Waals surface area contributed by atoms with Gasteiger partial charge >= 0.3 is 0 Å². The fourth-order valence-electron chi connectivity index (χ4n) is 2.64. The minimum Gasteiger partial charge on any atom is -0.456 e. The first-order chi connectivity index (χ1) is 10.8. The van der Waals surface area contributed by atoms with E-state index in [1.807, 2.05) is 30.3 Å². The van der Waals surface area contributed by atoms with E-state index in [0.717, 1.165) is 33.2 Å². The number of benzene rings is 3. The summed E-state index contributed by atoms with van der Waals surface area (Å²) >= 11 is 0. The molecule has 3 aromatic carbocycles. The summed E-state index contributed by atoms with van der Waals surface area (Å²) < 4.78 is 18.8. The molecular weight excluding hydrogens is 277 g/mol. The smallest absolute Gasteiger partial charge is 0.137 e. The van der Waals surface area contributed by atoms with Crippen LogP contribution in [0.1, 0.15) is 5.56 Å². The fourth-order valence-corrected chi connectivity index (χ4v) is 2.64. The Morgan fingerprint density at radius 1 is 0.818 bits per heavy atom. The maximum Gasteiger partial charge on any atom is 0.137 e. The molecule has 0 spiro atoms. The Morgan fingerprint density at radius 3 is 2.45 bits per heavy atom. The van der Waals surface area contributed by atoms with E-state index < -0.39 is 0 Å². The number of halogens is 1. The molecular formula is C19H14FNO. The number of nitrogens with one attached hydrogen (secondary N) is 1. The third-order valence-electron chi connectivity index (χ3n) is 3.79. The summed E-state index contributed by atoms with van der Waals surface area (Å²) in [5.74, 6) is -0.215. The van der Waals surface area contributed by atoms with Gasteiger partial charge in [-0.3, -0.25) is 0 Å². The van der Waals surface area contributed by atoms with E-state index in [1.165, 1.54) is 12.1 Å². The van der Waals surface area contributed by atoms with Crippen LogP contribution in [-0.2, 0) is 6.54 Å². The zero-order valence-corrected chi connectivity index (χ0v) is 11.8. The molecule has 4 aromatic rings. The summed E-state index contributed by atoms with van der Waals surface area (Å²) in [4.78, 5) is 0. The second-order valence-electron chi connectivity index (χ2n) is 5.29. The maximum atomic E-state index is 12.9. The highest BCUT2D eigenvalue weighted by Crippen LogP contribution is 2.30. The molecule has 0 radical (unpaired) electrons. The molecule has 0 fully saturated rings. The highest BCUT2D eigenvalue weighted by atomic mass is 19.1. The third kappa shape index (κ3) is 2.31. The van der Waals surface area contributed by atoms with E-state index in [9.17, 15) is 4.39 Å². The van der Waals surface area contributed by atoms with E-state index in [1.54, 1.807) is 12.1 Å². The molecule has 0 aliphatic carbocycles. The molecule has 108 valence electrons. The molecule has 1 heterocycles. The lowest BCUT2D eigenvalue weighted by Crippen LogP contribution is -1.98. The van der Waals surface area contributed by atoms with Crippen molar-refractivity contribution < 1.29 is 8.81 Å². The van der Waals surface area contributed by atoms with Crippen LogP contribution in [0.4, 0.5) is 10.1 Å². The van der Waals surface area contributed by atoms with Gasteiger partial charge < -0.3 is 9.73 Å². The Bertz CT molecular complexity index is 941. The monoisotopic (exact) mass is 291 g/mol. The maximum absolute atomic E-state index is 12.9. The van der Waals surface area contributed by atoms with Gasteiger partial charge in [-0.1, -0.05) is 30.3 Å². The van der Waals surface area contributed by atoms with Gasteiger partial charge in [0.2, 0.25) is 0 Å². The Balaban J connectivity index is 1.62. The van der Waals surface area contributed by atoms with Gasteiger partial charge in [0, 0.05) is 29.1 Å². The van der Waals surface area contributed by atoms with Gasteiger partial charge in [-0.2, -0.15) is 0 Å². The van der Waals surface area contributed by atoms with E-state index >= 15 is 0 Å². The van der Waals surface area contributed by atoms with E-state index in [-0.39, 0.29) is 5.82 Å². The largest absolute Gasteiger partial charge is 0.456 e. The topological polar surface area (TPSA) is 25.2 Å². The van der Waals surface area contributed by atoms with Gasteiger partial charge in [0.15, 0.2) is 0 Å². The Hall–Kier alpha value is -2.81. The number of furan rings is 1. The van der Waals surface area contributed by atoms with E-state index in [0.29, 0.717) is 6.54 Å². The minimum absolute atomic E-state index is 0.215. The average Bonchev–Trinajstić information content (AvgIpc) is 2.92. The molecule has 0 bridgehead atoms. The number of fused-ring (bicyclic) bond motifs is 3. The molecule has 4 rings (SSSR count). The molecule has 0 aliphatic rings. The van der Waals surface area contributed by atoms with Gasteiger partial charge in [0.25, 0.3) is 0 Å². The number of rotatable bonds is 3. The van der Waals surface area contributed by atoms with Crippen LogP contribution in [0, 0.1) is 5.82 Å². The predicted molar refractivity (Wildman–Crippen MR) is 87.4 cm³/mol. The van der Waals surface area contributed by atoms with Crippen LogP contribution < -0.4 is 5.32 Å². The summed E-state index contributed by atoms with van der Waals surface area (Å²) in [7, 11) is 0. The van der Waals surface area contributed by atoms with Gasteiger partial charge in [-0.25, -0.2) is 4.39 Å². The summed E-state index contributed by atoms with van der Waals surface area (Å²) in [6, 6.07) is 20.6. The predicted octanol–water partition coefficient (Wildman–Crippen LogP) is 5.34. The van der Waals surface area contributed by atoms with Crippen molar-refractivity contribution in [3.05, 3.63) is 78.1 Å². The van der Waals surface area contributed by atoms with Crippen molar-refractivity contribution in [3.63, 3.8) is 0 Å². The molecule has 0 aliphatic heterocycles. The molecule has 1 N–H and O–H groups in total. The van der Waals surface area contributed by atoms with Gasteiger partial charge in [0.1, 0.15) is 17.0 Å². The third-order valence-corrected chi connectivity index (χ3v) is 3.79. The van der Waals surface area contributed by atoms with Crippen molar-refractivity contribution >= 4 is 27.6 Å².